The van der Waals surface area contributed by atoms with E-state index in [1.54, 1.807) is 25.1 Å². The highest BCUT2D eigenvalue weighted by atomic mass is 16.7. The van der Waals surface area contributed by atoms with Crippen LogP contribution in [0.5, 0.6) is 11.5 Å². The molecule has 1 amide bonds. The van der Waals surface area contributed by atoms with E-state index in [2.05, 4.69) is 5.32 Å². The summed E-state index contributed by atoms with van der Waals surface area (Å²) in [6, 6.07) is 4.98. The van der Waals surface area contributed by atoms with Crippen LogP contribution >= 0.6 is 0 Å². The highest BCUT2D eigenvalue weighted by molar-refractivity contribution is 5.94. The Balaban J connectivity index is 2.06. The van der Waals surface area contributed by atoms with E-state index in [1.165, 1.54) is 0 Å². The van der Waals surface area contributed by atoms with Gasteiger partial charge in [0.05, 0.1) is 6.10 Å². The lowest BCUT2D eigenvalue weighted by atomic mass is 10.2. The predicted octanol–water partition coefficient (Wildman–Crippen LogP) is 0.526. The standard InChI is InChI=1S/C11H13NO4/c1-7(13)5-12-11(14)8-2-3-9-10(4-8)16-6-15-9/h2-4,7,13H,5-6H2,1H3,(H,12,14). The third-order valence-corrected chi connectivity index (χ3v) is 2.19. The molecule has 0 bridgehead atoms. The zero-order valence-corrected chi connectivity index (χ0v) is 8.90. The molecule has 1 aliphatic heterocycles. The minimum Gasteiger partial charge on any atom is -0.454 e. The Hall–Kier alpha value is -1.75. The van der Waals surface area contributed by atoms with Gasteiger partial charge in [-0.25, -0.2) is 0 Å². The summed E-state index contributed by atoms with van der Waals surface area (Å²) >= 11 is 0. The molecule has 1 aromatic carbocycles. The number of amides is 1. The van der Waals surface area contributed by atoms with Crippen molar-refractivity contribution in [3.63, 3.8) is 0 Å². The average Bonchev–Trinajstić information content (AvgIpc) is 2.72. The Morgan fingerprint density at radius 3 is 3.00 bits per heavy atom. The van der Waals surface area contributed by atoms with Crippen LogP contribution < -0.4 is 14.8 Å². The Labute approximate surface area is 93.0 Å². The number of fused-ring (bicyclic) bond motifs is 1. The van der Waals surface area contributed by atoms with Gasteiger partial charge in [0.2, 0.25) is 6.79 Å². The van der Waals surface area contributed by atoms with E-state index < -0.39 is 6.10 Å². The van der Waals surface area contributed by atoms with Crippen molar-refractivity contribution >= 4 is 5.91 Å². The smallest absolute Gasteiger partial charge is 0.251 e. The van der Waals surface area contributed by atoms with E-state index in [0.29, 0.717) is 17.1 Å². The van der Waals surface area contributed by atoms with Crippen molar-refractivity contribution in [2.24, 2.45) is 0 Å². The lowest BCUT2D eigenvalue weighted by Crippen LogP contribution is -2.30. The molecule has 0 spiro atoms. The fourth-order valence-corrected chi connectivity index (χ4v) is 1.38. The number of ether oxygens (including phenoxy) is 2. The molecule has 0 saturated heterocycles. The molecule has 86 valence electrons. The van der Waals surface area contributed by atoms with Crippen molar-refractivity contribution in [1.82, 2.24) is 5.32 Å². The zero-order valence-electron chi connectivity index (χ0n) is 8.90. The fourth-order valence-electron chi connectivity index (χ4n) is 1.38. The van der Waals surface area contributed by atoms with Gasteiger partial charge in [-0.2, -0.15) is 0 Å². The van der Waals surface area contributed by atoms with Gasteiger partial charge in [0.1, 0.15) is 0 Å². The van der Waals surface area contributed by atoms with Gasteiger partial charge in [-0.1, -0.05) is 0 Å². The third-order valence-electron chi connectivity index (χ3n) is 2.19. The van der Waals surface area contributed by atoms with Crippen molar-refractivity contribution in [3.05, 3.63) is 23.8 Å². The monoisotopic (exact) mass is 223 g/mol. The summed E-state index contributed by atoms with van der Waals surface area (Å²) in [6.45, 7) is 2.03. The molecule has 2 rings (SSSR count). The van der Waals surface area contributed by atoms with Crippen LogP contribution in [-0.4, -0.2) is 30.5 Å². The Morgan fingerprint density at radius 2 is 2.25 bits per heavy atom. The Kier molecular flexibility index (Phi) is 2.96. The number of nitrogens with one attached hydrogen (secondary N) is 1. The minimum absolute atomic E-state index is 0.189. The maximum absolute atomic E-state index is 11.6. The first-order chi connectivity index (χ1) is 7.66. The summed E-state index contributed by atoms with van der Waals surface area (Å²) in [5.74, 6) is 0.982. The first-order valence-corrected chi connectivity index (χ1v) is 5.03. The predicted molar refractivity (Wildman–Crippen MR) is 56.6 cm³/mol. The Morgan fingerprint density at radius 1 is 1.50 bits per heavy atom. The molecule has 0 radical (unpaired) electrons. The molecule has 5 heteroatoms. The number of hydrogen-bond acceptors (Lipinski definition) is 4. The van der Waals surface area contributed by atoms with Gasteiger partial charge >= 0.3 is 0 Å². The van der Waals surface area contributed by atoms with E-state index in [0.717, 1.165) is 0 Å². The van der Waals surface area contributed by atoms with E-state index in [1.807, 2.05) is 0 Å². The number of aliphatic hydroxyl groups excluding tert-OH is 1. The highest BCUT2D eigenvalue weighted by Crippen LogP contribution is 2.32. The topological polar surface area (TPSA) is 67.8 Å². The quantitative estimate of drug-likeness (QED) is 0.784. The molecule has 0 aromatic heterocycles. The van der Waals surface area contributed by atoms with Gasteiger partial charge in [-0.05, 0) is 25.1 Å². The molecule has 16 heavy (non-hydrogen) atoms. The van der Waals surface area contributed by atoms with Crippen molar-refractivity contribution in [3.8, 4) is 11.5 Å². The minimum atomic E-state index is -0.557. The molecule has 0 fully saturated rings. The number of benzene rings is 1. The van der Waals surface area contributed by atoms with Gasteiger partial charge in [-0.15, -0.1) is 0 Å². The maximum atomic E-state index is 11.6. The lowest BCUT2D eigenvalue weighted by molar-refractivity contribution is 0.0923. The average molecular weight is 223 g/mol. The summed E-state index contributed by atoms with van der Waals surface area (Å²) in [6.07, 6.45) is -0.557. The van der Waals surface area contributed by atoms with Gasteiger partial charge < -0.3 is 19.9 Å². The molecule has 5 nitrogen and oxygen atoms in total. The van der Waals surface area contributed by atoms with Crippen LogP contribution in [0.3, 0.4) is 0 Å². The number of hydrogen-bond donors (Lipinski definition) is 2. The molecule has 1 aromatic rings. The second-order valence-corrected chi connectivity index (χ2v) is 3.63. The SMILES string of the molecule is CC(O)CNC(=O)c1ccc2c(c1)OCO2. The summed E-state index contributed by atoms with van der Waals surface area (Å²) in [5, 5.41) is 11.6. The van der Waals surface area contributed by atoms with Crippen LogP contribution in [-0.2, 0) is 0 Å². The molecule has 1 atom stereocenters. The summed E-state index contributed by atoms with van der Waals surface area (Å²) in [5.41, 5.74) is 0.491. The number of carbonyl (C=O) groups excluding carboxylic acids is 1. The van der Waals surface area contributed by atoms with Crippen molar-refractivity contribution < 1.29 is 19.4 Å². The third kappa shape index (κ3) is 2.25. The van der Waals surface area contributed by atoms with Crippen LogP contribution in [0.25, 0.3) is 0 Å². The molecule has 1 heterocycles. The molecule has 1 unspecified atom stereocenters. The fraction of sp³-hybridized carbons (Fsp3) is 0.364. The highest BCUT2D eigenvalue weighted by Gasteiger charge is 2.16. The molecule has 1 aliphatic rings. The van der Waals surface area contributed by atoms with E-state index in [4.69, 9.17) is 14.6 Å². The lowest BCUT2D eigenvalue weighted by Gasteiger charge is -2.07. The molecule has 2 N–H and O–H groups in total. The molecular formula is C11H13NO4. The summed E-state index contributed by atoms with van der Waals surface area (Å²) in [7, 11) is 0. The Bertz CT molecular complexity index is 403. The summed E-state index contributed by atoms with van der Waals surface area (Å²) < 4.78 is 10.3. The van der Waals surface area contributed by atoms with Gasteiger partial charge in [0.25, 0.3) is 5.91 Å². The molecule has 0 saturated carbocycles. The summed E-state index contributed by atoms with van der Waals surface area (Å²) in [4.78, 5) is 11.6. The van der Waals surface area contributed by atoms with Crippen LogP contribution in [0.4, 0.5) is 0 Å². The van der Waals surface area contributed by atoms with Crippen LogP contribution in [0.2, 0.25) is 0 Å². The number of rotatable bonds is 3. The van der Waals surface area contributed by atoms with Gasteiger partial charge in [0.15, 0.2) is 11.5 Å². The first kappa shape index (κ1) is 10.8. The van der Waals surface area contributed by atoms with Crippen molar-refractivity contribution in [2.75, 3.05) is 13.3 Å². The van der Waals surface area contributed by atoms with Crippen molar-refractivity contribution in [1.29, 1.82) is 0 Å². The van der Waals surface area contributed by atoms with E-state index in [9.17, 15) is 4.79 Å². The zero-order chi connectivity index (χ0) is 11.5. The van der Waals surface area contributed by atoms with E-state index >= 15 is 0 Å². The second kappa shape index (κ2) is 4.40. The number of carbonyl (C=O) groups is 1. The van der Waals surface area contributed by atoms with Crippen LogP contribution in [0, 0.1) is 0 Å². The largest absolute Gasteiger partial charge is 0.454 e. The second-order valence-electron chi connectivity index (χ2n) is 3.63. The number of aliphatic hydroxyl groups is 1. The maximum Gasteiger partial charge on any atom is 0.251 e. The first-order valence-electron chi connectivity index (χ1n) is 5.03. The van der Waals surface area contributed by atoms with Crippen LogP contribution in [0.15, 0.2) is 18.2 Å². The molecule has 0 aliphatic carbocycles. The van der Waals surface area contributed by atoms with Gasteiger partial charge in [-0.3, -0.25) is 4.79 Å². The molecular weight excluding hydrogens is 210 g/mol. The van der Waals surface area contributed by atoms with Crippen LogP contribution in [0.1, 0.15) is 17.3 Å². The normalized spacial score (nSPS) is 14.6. The van der Waals surface area contributed by atoms with E-state index in [-0.39, 0.29) is 19.2 Å². The van der Waals surface area contributed by atoms with Crippen molar-refractivity contribution in [2.45, 2.75) is 13.0 Å². The van der Waals surface area contributed by atoms with Gasteiger partial charge in [0, 0.05) is 12.1 Å².